The summed E-state index contributed by atoms with van der Waals surface area (Å²) in [4.78, 5) is 16.5. The summed E-state index contributed by atoms with van der Waals surface area (Å²) in [6.45, 7) is 9.54. The van der Waals surface area contributed by atoms with Crippen molar-refractivity contribution in [1.29, 1.82) is 0 Å². The van der Waals surface area contributed by atoms with Crippen LogP contribution in [0.4, 0.5) is 0 Å². The van der Waals surface area contributed by atoms with Crippen LogP contribution in [0.2, 0.25) is 0 Å². The number of amides is 1. The lowest BCUT2D eigenvalue weighted by Crippen LogP contribution is -2.46. The molecule has 122 valence electrons. The van der Waals surface area contributed by atoms with Gasteiger partial charge in [-0.3, -0.25) is 4.79 Å². The van der Waals surface area contributed by atoms with Crippen LogP contribution in [0.1, 0.15) is 39.5 Å². The number of nitrogens with zero attached hydrogens (tertiary/aromatic N) is 2. The van der Waals surface area contributed by atoms with E-state index in [1.165, 1.54) is 0 Å². The summed E-state index contributed by atoms with van der Waals surface area (Å²) in [5.74, 6) is 0.920. The average molecular weight is 297 g/mol. The highest BCUT2D eigenvalue weighted by molar-refractivity contribution is 5.81. The third-order valence-electron chi connectivity index (χ3n) is 4.73. The van der Waals surface area contributed by atoms with Crippen molar-refractivity contribution in [1.82, 2.24) is 15.1 Å². The maximum atomic E-state index is 12.2. The van der Waals surface area contributed by atoms with E-state index in [4.69, 9.17) is 0 Å². The van der Waals surface area contributed by atoms with E-state index >= 15 is 0 Å². The summed E-state index contributed by atoms with van der Waals surface area (Å²) in [6, 6.07) is -0.0569. The van der Waals surface area contributed by atoms with Crippen LogP contribution in [-0.4, -0.2) is 72.2 Å². The number of aliphatic hydroxyl groups is 1. The number of aliphatic hydroxyl groups excluding tert-OH is 1. The van der Waals surface area contributed by atoms with Crippen molar-refractivity contribution < 1.29 is 9.90 Å². The molecule has 0 unspecified atom stereocenters. The number of likely N-dealkylation sites (tertiary alicyclic amines) is 2. The predicted molar refractivity (Wildman–Crippen MR) is 84.1 cm³/mol. The highest BCUT2D eigenvalue weighted by atomic mass is 16.3. The van der Waals surface area contributed by atoms with Crippen LogP contribution in [0.5, 0.6) is 0 Å². The number of piperidine rings is 1. The van der Waals surface area contributed by atoms with Gasteiger partial charge < -0.3 is 20.2 Å². The summed E-state index contributed by atoms with van der Waals surface area (Å²) in [6.07, 6.45) is 4.38. The Balaban J connectivity index is 1.63. The van der Waals surface area contributed by atoms with Gasteiger partial charge in [0.2, 0.25) is 5.91 Å². The van der Waals surface area contributed by atoms with Crippen LogP contribution in [0.15, 0.2) is 0 Å². The molecule has 5 heteroatoms. The van der Waals surface area contributed by atoms with Gasteiger partial charge in [0.05, 0.1) is 12.1 Å². The quantitative estimate of drug-likeness (QED) is 0.757. The molecule has 0 aliphatic carbocycles. The first kappa shape index (κ1) is 16.7. The van der Waals surface area contributed by atoms with Gasteiger partial charge >= 0.3 is 0 Å². The van der Waals surface area contributed by atoms with Gasteiger partial charge in [-0.2, -0.15) is 0 Å². The second-order valence-electron chi connectivity index (χ2n) is 6.76. The molecule has 0 aromatic heterocycles. The molecule has 5 nitrogen and oxygen atoms in total. The summed E-state index contributed by atoms with van der Waals surface area (Å²) in [7, 11) is 0. The lowest BCUT2D eigenvalue weighted by atomic mass is 9.96. The maximum absolute atomic E-state index is 12.2. The van der Waals surface area contributed by atoms with Crippen LogP contribution >= 0.6 is 0 Å². The molecule has 1 amide bonds. The molecule has 2 saturated heterocycles. The number of β-amino-alcohol motifs (C(OH)–C–C–N with tert-alkyl or cyclic N) is 1. The Morgan fingerprint density at radius 3 is 2.38 bits per heavy atom. The van der Waals surface area contributed by atoms with Crippen molar-refractivity contribution in [2.75, 3.05) is 39.3 Å². The fourth-order valence-electron chi connectivity index (χ4n) is 3.39. The molecule has 0 bridgehead atoms. The largest absolute Gasteiger partial charge is 0.392 e. The number of hydrogen-bond acceptors (Lipinski definition) is 4. The summed E-state index contributed by atoms with van der Waals surface area (Å²) >= 11 is 0. The fraction of sp³-hybridized carbons (Fsp3) is 0.938. The van der Waals surface area contributed by atoms with Crippen LogP contribution in [0.25, 0.3) is 0 Å². The lowest BCUT2D eigenvalue weighted by Gasteiger charge is -2.33. The predicted octanol–water partition coefficient (Wildman–Crippen LogP) is 0.680. The summed E-state index contributed by atoms with van der Waals surface area (Å²) in [5.41, 5.74) is 0. The van der Waals surface area contributed by atoms with Crippen molar-refractivity contribution in [3.8, 4) is 0 Å². The molecule has 0 radical (unpaired) electrons. The Morgan fingerprint density at radius 2 is 1.81 bits per heavy atom. The van der Waals surface area contributed by atoms with Gasteiger partial charge in [-0.15, -0.1) is 0 Å². The van der Waals surface area contributed by atoms with Crippen molar-refractivity contribution in [2.24, 2.45) is 5.92 Å². The molecular formula is C16H31N3O2. The van der Waals surface area contributed by atoms with Gasteiger partial charge in [0.25, 0.3) is 0 Å². The molecule has 0 aromatic carbocycles. The third-order valence-corrected chi connectivity index (χ3v) is 4.73. The molecular weight excluding hydrogens is 266 g/mol. The highest BCUT2D eigenvalue weighted by Crippen LogP contribution is 2.17. The molecule has 2 aliphatic heterocycles. The monoisotopic (exact) mass is 297 g/mol. The van der Waals surface area contributed by atoms with Crippen molar-refractivity contribution >= 4 is 5.91 Å². The van der Waals surface area contributed by atoms with Crippen molar-refractivity contribution in [2.45, 2.75) is 51.7 Å². The molecule has 0 spiro atoms. The number of hydrogen-bond donors (Lipinski definition) is 2. The molecule has 2 N–H and O–H groups in total. The molecule has 2 fully saturated rings. The van der Waals surface area contributed by atoms with E-state index in [9.17, 15) is 9.90 Å². The standard InChI is InChI=1S/C16H31N3O2/c1-13(20)12-18-9-5-15(6-10-18)11-17-14(2)16(21)19-7-3-4-8-19/h13-15,17,20H,3-12H2,1-2H3/t13-,14+/m0/s1. The number of carbonyl (C=O) groups excluding carboxylic acids is 1. The number of rotatable bonds is 6. The van der Waals surface area contributed by atoms with E-state index < -0.39 is 0 Å². The van der Waals surface area contributed by atoms with Crippen molar-refractivity contribution in [3.05, 3.63) is 0 Å². The van der Waals surface area contributed by atoms with Crippen molar-refractivity contribution in [3.63, 3.8) is 0 Å². The van der Waals surface area contributed by atoms with E-state index in [0.29, 0.717) is 5.92 Å². The van der Waals surface area contributed by atoms with Crippen LogP contribution in [-0.2, 0) is 4.79 Å². The second-order valence-corrected chi connectivity index (χ2v) is 6.76. The number of carbonyl (C=O) groups is 1. The smallest absolute Gasteiger partial charge is 0.239 e. The zero-order valence-electron chi connectivity index (χ0n) is 13.6. The van der Waals surface area contributed by atoms with E-state index in [1.54, 1.807) is 0 Å². The topological polar surface area (TPSA) is 55.8 Å². The Kier molecular flexibility index (Phi) is 6.45. The van der Waals surface area contributed by atoms with Gasteiger partial charge in [-0.1, -0.05) is 0 Å². The second kappa shape index (κ2) is 8.11. The zero-order valence-corrected chi connectivity index (χ0v) is 13.6. The Morgan fingerprint density at radius 1 is 1.19 bits per heavy atom. The normalized spacial score (nSPS) is 24.2. The molecule has 2 aliphatic rings. The molecule has 21 heavy (non-hydrogen) atoms. The average Bonchev–Trinajstić information content (AvgIpc) is 2.99. The zero-order chi connectivity index (χ0) is 15.2. The summed E-state index contributed by atoms with van der Waals surface area (Å²) < 4.78 is 0. The molecule has 2 rings (SSSR count). The van der Waals surface area contributed by atoms with E-state index in [2.05, 4.69) is 10.2 Å². The molecule has 2 atom stereocenters. The van der Waals surface area contributed by atoms with Gasteiger partial charge in [-0.25, -0.2) is 0 Å². The first-order valence-electron chi connectivity index (χ1n) is 8.49. The molecule has 2 heterocycles. The van der Waals surface area contributed by atoms with Gasteiger partial charge in [0.1, 0.15) is 0 Å². The highest BCUT2D eigenvalue weighted by Gasteiger charge is 2.25. The minimum Gasteiger partial charge on any atom is -0.392 e. The summed E-state index contributed by atoms with van der Waals surface area (Å²) in [5, 5.41) is 12.8. The fourth-order valence-corrected chi connectivity index (χ4v) is 3.39. The minimum atomic E-state index is -0.238. The third kappa shape index (κ3) is 5.24. The molecule has 0 aromatic rings. The van der Waals surface area contributed by atoms with Gasteiger partial charge in [0.15, 0.2) is 0 Å². The molecule has 0 saturated carbocycles. The van der Waals surface area contributed by atoms with E-state index in [-0.39, 0.29) is 18.1 Å². The Labute approximate surface area is 128 Å². The van der Waals surface area contributed by atoms with E-state index in [0.717, 1.165) is 65.0 Å². The Hall–Kier alpha value is -0.650. The van der Waals surface area contributed by atoms with Gasteiger partial charge in [-0.05, 0) is 65.1 Å². The van der Waals surface area contributed by atoms with Crippen LogP contribution < -0.4 is 5.32 Å². The first-order valence-corrected chi connectivity index (χ1v) is 8.49. The maximum Gasteiger partial charge on any atom is 0.239 e. The van der Waals surface area contributed by atoms with Crippen LogP contribution in [0.3, 0.4) is 0 Å². The van der Waals surface area contributed by atoms with E-state index in [1.807, 2.05) is 18.7 Å². The Bertz CT molecular complexity index is 321. The first-order chi connectivity index (χ1) is 10.1. The lowest BCUT2D eigenvalue weighted by molar-refractivity contribution is -0.132. The minimum absolute atomic E-state index is 0.0569. The van der Waals surface area contributed by atoms with Gasteiger partial charge in [0, 0.05) is 19.6 Å². The van der Waals surface area contributed by atoms with Crippen LogP contribution in [0, 0.1) is 5.92 Å². The SMILES string of the molecule is C[C@H](O)CN1CCC(CN[C@H](C)C(=O)N2CCCC2)CC1. The number of nitrogens with one attached hydrogen (secondary N) is 1.